The van der Waals surface area contributed by atoms with E-state index in [4.69, 9.17) is 11.6 Å². The average molecular weight is 449 g/mol. The standard InChI is InChI=1S/C24H25ClN6O/c25-18-5-1-6-19(17-18)30-15-13-29(14-16-30)11-4-12-31-21-8-3-10-27-23(21)22-20(28-24(31)32)7-2-9-26-22/h1-3,5-10,17H,4,11-16H2,(H,28,32). The highest BCUT2D eigenvalue weighted by atomic mass is 35.5. The number of halogens is 1. The summed E-state index contributed by atoms with van der Waals surface area (Å²) in [6.07, 6.45) is 4.34. The van der Waals surface area contributed by atoms with Crippen LogP contribution in [-0.2, 0) is 0 Å². The summed E-state index contributed by atoms with van der Waals surface area (Å²) in [7, 11) is 0. The molecule has 5 rings (SSSR count). The zero-order valence-corrected chi connectivity index (χ0v) is 18.5. The van der Waals surface area contributed by atoms with Crippen LogP contribution in [-0.4, -0.2) is 60.2 Å². The lowest BCUT2D eigenvalue weighted by Crippen LogP contribution is -2.47. The van der Waals surface area contributed by atoms with Crippen molar-refractivity contribution in [3.63, 3.8) is 0 Å². The van der Waals surface area contributed by atoms with E-state index in [1.165, 1.54) is 5.69 Å². The summed E-state index contributed by atoms with van der Waals surface area (Å²) >= 11 is 6.14. The fourth-order valence-corrected chi connectivity index (χ4v) is 4.55. The molecule has 0 aliphatic carbocycles. The van der Waals surface area contributed by atoms with Crippen molar-refractivity contribution in [2.45, 2.75) is 6.42 Å². The first-order chi connectivity index (χ1) is 15.7. The minimum Gasteiger partial charge on any atom is -0.369 e. The molecule has 0 bridgehead atoms. The number of amides is 2. The quantitative estimate of drug-likeness (QED) is 0.628. The summed E-state index contributed by atoms with van der Waals surface area (Å²) in [4.78, 5) is 28.6. The zero-order chi connectivity index (χ0) is 21.9. The van der Waals surface area contributed by atoms with Gasteiger partial charge in [0, 0.05) is 55.8 Å². The Labute approximate surface area is 192 Å². The fraction of sp³-hybridized carbons (Fsp3) is 0.292. The van der Waals surface area contributed by atoms with E-state index in [0.717, 1.165) is 55.5 Å². The first kappa shape index (κ1) is 20.7. The molecule has 0 saturated carbocycles. The largest absolute Gasteiger partial charge is 0.369 e. The molecule has 0 spiro atoms. The van der Waals surface area contributed by atoms with E-state index in [1.54, 1.807) is 17.3 Å². The molecule has 0 unspecified atom stereocenters. The molecule has 164 valence electrons. The number of hydrogen-bond donors (Lipinski definition) is 1. The third-order valence-corrected chi connectivity index (χ3v) is 6.23. The maximum atomic E-state index is 13.0. The summed E-state index contributed by atoms with van der Waals surface area (Å²) in [6.45, 7) is 5.48. The van der Waals surface area contributed by atoms with Gasteiger partial charge in [0.1, 0.15) is 11.4 Å². The number of rotatable bonds is 5. The lowest BCUT2D eigenvalue weighted by molar-refractivity contribution is 0.249. The van der Waals surface area contributed by atoms with E-state index in [0.29, 0.717) is 17.9 Å². The van der Waals surface area contributed by atoms with Crippen LogP contribution in [0.3, 0.4) is 0 Å². The molecule has 4 heterocycles. The number of carbonyl (C=O) groups excluding carboxylic acids is 1. The number of nitrogens with one attached hydrogen (secondary N) is 1. The molecular formula is C24H25ClN6O. The Morgan fingerprint density at radius 1 is 0.906 bits per heavy atom. The topological polar surface area (TPSA) is 64.6 Å². The normalized spacial score (nSPS) is 16.2. The Hall–Kier alpha value is -3.16. The van der Waals surface area contributed by atoms with Crippen LogP contribution < -0.4 is 15.1 Å². The predicted molar refractivity (Wildman–Crippen MR) is 129 cm³/mol. The smallest absolute Gasteiger partial charge is 0.326 e. The first-order valence-electron chi connectivity index (χ1n) is 10.9. The van der Waals surface area contributed by atoms with E-state index in [-0.39, 0.29) is 6.03 Å². The number of anilines is 3. The molecule has 0 radical (unpaired) electrons. The van der Waals surface area contributed by atoms with Crippen molar-refractivity contribution >= 4 is 34.7 Å². The van der Waals surface area contributed by atoms with Crippen LogP contribution in [0.4, 0.5) is 21.9 Å². The second kappa shape index (κ2) is 9.14. The van der Waals surface area contributed by atoms with Crippen LogP contribution in [0.2, 0.25) is 5.02 Å². The third kappa shape index (κ3) is 4.26. The average Bonchev–Trinajstić information content (AvgIpc) is 2.94. The second-order valence-corrected chi connectivity index (χ2v) is 8.45. The van der Waals surface area contributed by atoms with Gasteiger partial charge < -0.3 is 10.2 Å². The van der Waals surface area contributed by atoms with Gasteiger partial charge in [0.2, 0.25) is 0 Å². The van der Waals surface area contributed by atoms with Gasteiger partial charge in [-0.05, 0) is 55.4 Å². The number of fused-ring (bicyclic) bond motifs is 3. The van der Waals surface area contributed by atoms with Gasteiger partial charge in [-0.25, -0.2) is 4.79 Å². The molecular weight excluding hydrogens is 424 g/mol. The molecule has 2 aliphatic rings. The Bertz CT molecular complexity index is 1110. The number of aromatic nitrogens is 2. The Morgan fingerprint density at radius 3 is 2.50 bits per heavy atom. The molecule has 2 amide bonds. The molecule has 7 nitrogen and oxygen atoms in total. The van der Waals surface area contributed by atoms with Gasteiger partial charge in [0.15, 0.2) is 0 Å². The number of pyridine rings is 2. The summed E-state index contributed by atoms with van der Waals surface area (Å²) in [5.41, 5.74) is 4.11. The van der Waals surface area contributed by atoms with Gasteiger partial charge in [-0.2, -0.15) is 0 Å². The van der Waals surface area contributed by atoms with E-state index < -0.39 is 0 Å². The molecule has 32 heavy (non-hydrogen) atoms. The van der Waals surface area contributed by atoms with E-state index in [2.05, 4.69) is 31.2 Å². The van der Waals surface area contributed by atoms with E-state index in [9.17, 15) is 4.79 Å². The molecule has 0 atom stereocenters. The van der Waals surface area contributed by atoms with Gasteiger partial charge in [-0.15, -0.1) is 0 Å². The van der Waals surface area contributed by atoms with Crippen molar-refractivity contribution in [3.05, 3.63) is 65.9 Å². The zero-order valence-electron chi connectivity index (χ0n) is 17.7. The van der Waals surface area contributed by atoms with Crippen molar-refractivity contribution in [2.24, 2.45) is 0 Å². The van der Waals surface area contributed by atoms with E-state index in [1.807, 2.05) is 42.5 Å². The Kier molecular flexibility index (Phi) is 5.92. The van der Waals surface area contributed by atoms with Crippen molar-refractivity contribution in [2.75, 3.05) is 54.4 Å². The lowest BCUT2D eigenvalue weighted by atomic mass is 10.1. The molecule has 1 saturated heterocycles. The number of hydrogen-bond acceptors (Lipinski definition) is 5. The fourth-order valence-electron chi connectivity index (χ4n) is 4.36. The maximum absolute atomic E-state index is 13.0. The molecule has 1 aromatic carbocycles. The first-order valence-corrected chi connectivity index (χ1v) is 11.3. The number of benzene rings is 1. The number of urea groups is 1. The molecule has 2 aliphatic heterocycles. The monoisotopic (exact) mass is 448 g/mol. The molecule has 1 N–H and O–H groups in total. The van der Waals surface area contributed by atoms with Crippen molar-refractivity contribution in [1.82, 2.24) is 14.9 Å². The van der Waals surface area contributed by atoms with Crippen molar-refractivity contribution in [1.29, 1.82) is 0 Å². The summed E-state index contributed by atoms with van der Waals surface area (Å²) in [6, 6.07) is 15.4. The number of nitrogens with zero attached hydrogens (tertiary/aromatic N) is 5. The maximum Gasteiger partial charge on any atom is 0.326 e. The minimum atomic E-state index is -0.142. The van der Waals surface area contributed by atoms with Crippen LogP contribution in [0.1, 0.15) is 6.42 Å². The lowest BCUT2D eigenvalue weighted by Gasteiger charge is -2.36. The minimum absolute atomic E-state index is 0.142. The van der Waals surface area contributed by atoms with Gasteiger partial charge in [0.05, 0.1) is 11.4 Å². The van der Waals surface area contributed by atoms with Crippen LogP contribution >= 0.6 is 11.6 Å². The van der Waals surface area contributed by atoms with Crippen LogP contribution in [0.25, 0.3) is 11.4 Å². The van der Waals surface area contributed by atoms with Crippen LogP contribution in [0.15, 0.2) is 60.9 Å². The number of carbonyl (C=O) groups is 1. The highest BCUT2D eigenvalue weighted by molar-refractivity contribution is 6.30. The van der Waals surface area contributed by atoms with E-state index >= 15 is 0 Å². The molecule has 8 heteroatoms. The third-order valence-electron chi connectivity index (χ3n) is 6.00. The Balaban J connectivity index is 1.21. The van der Waals surface area contributed by atoms with Gasteiger partial charge in [0.25, 0.3) is 0 Å². The van der Waals surface area contributed by atoms with Crippen LogP contribution in [0.5, 0.6) is 0 Å². The molecule has 3 aromatic rings. The number of piperazine rings is 1. The van der Waals surface area contributed by atoms with Crippen LogP contribution in [0, 0.1) is 0 Å². The molecule has 2 aromatic heterocycles. The second-order valence-electron chi connectivity index (χ2n) is 8.01. The van der Waals surface area contributed by atoms with Gasteiger partial charge in [-0.1, -0.05) is 17.7 Å². The summed E-state index contributed by atoms with van der Waals surface area (Å²) in [5, 5.41) is 3.76. The Morgan fingerprint density at radius 2 is 1.69 bits per heavy atom. The summed E-state index contributed by atoms with van der Waals surface area (Å²) in [5.74, 6) is 0. The van der Waals surface area contributed by atoms with Crippen molar-refractivity contribution < 1.29 is 4.79 Å². The van der Waals surface area contributed by atoms with Gasteiger partial charge >= 0.3 is 6.03 Å². The SMILES string of the molecule is O=C1Nc2cccnc2-c2ncccc2N1CCCN1CCN(c2cccc(Cl)c2)CC1. The van der Waals surface area contributed by atoms with Gasteiger partial charge in [-0.3, -0.25) is 19.8 Å². The van der Waals surface area contributed by atoms with Crippen molar-refractivity contribution in [3.8, 4) is 11.4 Å². The highest BCUT2D eigenvalue weighted by Gasteiger charge is 2.27. The predicted octanol–water partition coefficient (Wildman–Crippen LogP) is 4.36. The highest BCUT2D eigenvalue weighted by Crippen LogP contribution is 2.35. The molecule has 1 fully saturated rings. The summed E-state index contributed by atoms with van der Waals surface area (Å²) < 4.78 is 0.